The molecule has 6 nitrogen and oxygen atoms in total. The maximum absolute atomic E-state index is 4.51. The molecule has 0 radical (unpaired) electrons. The topological polar surface area (TPSA) is 50.1 Å². The fraction of sp³-hybridized carbons (Fsp3) is 0.312. The van der Waals surface area contributed by atoms with Crippen LogP contribution in [0, 0.1) is 0 Å². The van der Waals surface area contributed by atoms with Crippen molar-refractivity contribution in [3.63, 3.8) is 0 Å². The molecule has 0 amide bonds. The number of fused-ring (bicyclic) bond motifs is 1. The fourth-order valence-corrected chi connectivity index (χ4v) is 2.86. The molecule has 0 aliphatic carbocycles. The third kappa shape index (κ3) is 2.21. The summed E-state index contributed by atoms with van der Waals surface area (Å²) in [5, 5.41) is 5.52. The Kier molecular flexibility index (Phi) is 3.23. The predicted molar refractivity (Wildman–Crippen MR) is 86.4 cm³/mol. The van der Waals surface area contributed by atoms with E-state index in [0.717, 1.165) is 48.7 Å². The van der Waals surface area contributed by atoms with Crippen molar-refractivity contribution in [1.29, 1.82) is 0 Å². The molecule has 0 saturated carbocycles. The molecule has 1 aliphatic heterocycles. The zero-order chi connectivity index (χ0) is 14.9. The zero-order valence-corrected chi connectivity index (χ0v) is 12.6. The summed E-state index contributed by atoms with van der Waals surface area (Å²) in [6.45, 7) is 4.08. The molecule has 1 aliphatic rings. The normalized spacial score (nSPS) is 16.3. The number of anilines is 1. The SMILES string of the molecule is CN1CCN(c2ncnc3c2cnn3-c2ccccc2)CC1. The first-order valence-electron chi connectivity index (χ1n) is 7.50. The van der Waals surface area contributed by atoms with Crippen molar-refractivity contribution < 1.29 is 0 Å². The lowest BCUT2D eigenvalue weighted by Crippen LogP contribution is -2.44. The van der Waals surface area contributed by atoms with Crippen LogP contribution < -0.4 is 4.90 Å². The second kappa shape index (κ2) is 5.38. The Balaban J connectivity index is 1.77. The van der Waals surface area contributed by atoms with Crippen LogP contribution in [-0.4, -0.2) is 57.9 Å². The van der Waals surface area contributed by atoms with Gasteiger partial charge in [-0.3, -0.25) is 0 Å². The molecule has 0 unspecified atom stereocenters. The fourth-order valence-electron chi connectivity index (χ4n) is 2.86. The van der Waals surface area contributed by atoms with E-state index in [2.05, 4.69) is 31.9 Å². The quantitative estimate of drug-likeness (QED) is 0.718. The molecule has 1 fully saturated rings. The van der Waals surface area contributed by atoms with E-state index in [4.69, 9.17) is 0 Å². The van der Waals surface area contributed by atoms with Crippen LogP contribution in [0.3, 0.4) is 0 Å². The van der Waals surface area contributed by atoms with Crippen LogP contribution >= 0.6 is 0 Å². The molecular weight excluding hydrogens is 276 g/mol. The number of hydrogen-bond donors (Lipinski definition) is 0. The number of likely N-dealkylation sites (N-methyl/N-ethyl adjacent to an activating group) is 1. The zero-order valence-electron chi connectivity index (χ0n) is 12.6. The molecule has 6 heteroatoms. The number of aromatic nitrogens is 4. The lowest BCUT2D eigenvalue weighted by molar-refractivity contribution is 0.312. The van der Waals surface area contributed by atoms with Crippen molar-refractivity contribution in [3.05, 3.63) is 42.9 Å². The summed E-state index contributed by atoms with van der Waals surface area (Å²) < 4.78 is 1.87. The van der Waals surface area contributed by atoms with Gasteiger partial charge in [-0.2, -0.15) is 5.10 Å². The summed E-state index contributed by atoms with van der Waals surface area (Å²) in [6, 6.07) is 10.1. The largest absolute Gasteiger partial charge is 0.353 e. The molecule has 3 aromatic rings. The van der Waals surface area contributed by atoms with E-state index in [-0.39, 0.29) is 0 Å². The molecule has 2 aromatic heterocycles. The lowest BCUT2D eigenvalue weighted by atomic mass is 10.3. The molecule has 0 N–H and O–H groups in total. The Hall–Kier alpha value is -2.47. The number of para-hydroxylation sites is 1. The Labute approximate surface area is 129 Å². The first-order valence-corrected chi connectivity index (χ1v) is 7.50. The van der Waals surface area contributed by atoms with Crippen molar-refractivity contribution >= 4 is 16.9 Å². The van der Waals surface area contributed by atoms with Crippen LogP contribution in [0.5, 0.6) is 0 Å². The maximum atomic E-state index is 4.51. The van der Waals surface area contributed by atoms with Gasteiger partial charge in [-0.25, -0.2) is 14.6 Å². The molecule has 0 bridgehead atoms. The average molecular weight is 294 g/mol. The molecule has 0 spiro atoms. The molecule has 1 saturated heterocycles. The molecule has 22 heavy (non-hydrogen) atoms. The smallest absolute Gasteiger partial charge is 0.168 e. The summed E-state index contributed by atoms with van der Waals surface area (Å²) in [4.78, 5) is 13.6. The van der Waals surface area contributed by atoms with Crippen molar-refractivity contribution in [3.8, 4) is 5.69 Å². The van der Waals surface area contributed by atoms with Gasteiger partial charge in [0.2, 0.25) is 0 Å². The minimum absolute atomic E-state index is 0.857. The first-order chi connectivity index (χ1) is 10.8. The van der Waals surface area contributed by atoms with Crippen molar-refractivity contribution in [2.45, 2.75) is 0 Å². The Bertz CT molecular complexity index is 774. The van der Waals surface area contributed by atoms with Crippen LogP contribution in [0.4, 0.5) is 5.82 Å². The van der Waals surface area contributed by atoms with Crippen LogP contribution in [-0.2, 0) is 0 Å². The Morgan fingerprint density at radius 1 is 0.955 bits per heavy atom. The van der Waals surface area contributed by atoms with Crippen molar-refractivity contribution in [2.24, 2.45) is 0 Å². The minimum atomic E-state index is 0.857. The van der Waals surface area contributed by atoms with Gasteiger partial charge in [0.15, 0.2) is 5.65 Å². The highest BCUT2D eigenvalue weighted by Crippen LogP contribution is 2.25. The van der Waals surface area contributed by atoms with Crippen LogP contribution in [0.1, 0.15) is 0 Å². The molecule has 4 rings (SSSR count). The van der Waals surface area contributed by atoms with E-state index in [9.17, 15) is 0 Å². The standard InChI is InChI=1S/C16H18N6/c1-20-7-9-21(10-8-20)15-14-11-19-22(16(14)18-12-17-15)13-5-3-2-4-6-13/h2-6,11-12H,7-10H2,1H3. The van der Waals surface area contributed by atoms with Gasteiger partial charge in [-0.15, -0.1) is 0 Å². The summed E-state index contributed by atoms with van der Waals surface area (Å²) in [7, 11) is 2.15. The highest BCUT2D eigenvalue weighted by molar-refractivity contribution is 5.87. The highest BCUT2D eigenvalue weighted by Gasteiger charge is 2.19. The van der Waals surface area contributed by atoms with Gasteiger partial charge in [0.25, 0.3) is 0 Å². The van der Waals surface area contributed by atoms with E-state index in [1.165, 1.54) is 0 Å². The van der Waals surface area contributed by atoms with Crippen LogP contribution in [0.15, 0.2) is 42.9 Å². The van der Waals surface area contributed by atoms with Gasteiger partial charge in [-0.1, -0.05) is 18.2 Å². The van der Waals surface area contributed by atoms with E-state index < -0.39 is 0 Å². The summed E-state index contributed by atoms with van der Waals surface area (Å²) in [5.74, 6) is 0.986. The van der Waals surface area contributed by atoms with Crippen LogP contribution in [0.25, 0.3) is 16.7 Å². The van der Waals surface area contributed by atoms with Crippen molar-refractivity contribution in [2.75, 3.05) is 38.1 Å². The Morgan fingerprint density at radius 3 is 2.50 bits per heavy atom. The van der Waals surface area contributed by atoms with E-state index in [0.29, 0.717) is 0 Å². The second-order valence-corrected chi connectivity index (χ2v) is 5.62. The minimum Gasteiger partial charge on any atom is -0.353 e. The summed E-state index contributed by atoms with van der Waals surface area (Å²) in [6.07, 6.45) is 3.51. The maximum Gasteiger partial charge on any atom is 0.168 e. The van der Waals surface area contributed by atoms with E-state index in [1.54, 1.807) is 6.33 Å². The average Bonchev–Trinajstić information content (AvgIpc) is 3.00. The highest BCUT2D eigenvalue weighted by atomic mass is 15.3. The lowest BCUT2D eigenvalue weighted by Gasteiger charge is -2.33. The molecular formula is C16H18N6. The molecule has 0 atom stereocenters. The predicted octanol–water partition coefficient (Wildman–Crippen LogP) is 1.57. The van der Waals surface area contributed by atoms with Gasteiger partial charge >= 0.3 is 0 Å². The van der Waals surface area contributed by atoms with E-state index >= 15 is 0 Å². The molecule has 1 aromatic carbocycles. The summed E-state index contributed by atoms with van der Waals surface area (Å²) in [5.41, 5.74) is 1.87. The van der Waals surface area contributed by atoms with Crippen molar-refractivity contribution in [1.82, 2.24) is 24.6 Å². The number of hydrogen-bond acceptors (Lipinski definition) is 5. The first kappa shape index (κ1) is 13.2. The van der Waals surface area contributed by atoms with Gasteiger partial charge < -0.3 is 9.80 Å². The monoisotopic (exact) mass is 294 g/mol. The Morgan fingerprint density at radius 2 is 1.73 bits per heavy atom. The van der Waals surface area contributed by atoms with Crippen LogP contribution in [0.2, 0.25) is 0 Å². The van der Waals surface area contributed by atoms with Gasteiger partial charge in [0.05, 0.1) is 17.3 Å². The van der Waals surface area contributed by atoms with Gasteiger partial charge in [0, 0.05) is 26.2 Å². The third-order valence-corrected chi connectivity index (χ3v) is 4.15. The molecule has 112 valence electrons. The van der Waals surface area contributed by atoms with E-state index in [1.807, 2.05) is 41.2 Å². The third-order valence-electron chi connectivity index (χ3n) is 4.15. The second-order valence-electron chi connectivity index (χ2n) is 5.62. The number of benzene rings is 1. The molecule has 3 heterocycles. The van der Waals surface area contributed by atoms with Gasteiger partial charge in [-0.05, 0) is 19.2 Å². The number of nitrogens with zero attached hydrogens (tertiary/aromatic N) is 6. The van der Waals surface area contributed by atoms with Gasteiger partial charge in [0.1, 0.15) is 12.1 Å². The summed E-state index contributed by atoms with van der Waals surface area (Å²) >= 11 is 0. The number of piperazine rings is 1. The number of rotatable bonds is 2.